The Balaban J connectivity index is 1.88. The first kappa shape index (κ1) is 17.7. The molecule has 0 aliphatic carbocycles. The molecule has 0 unspecified atom stereocenters. The molecule has 3 aromatic rings. The maximum Gasteiger partial charge on any atom is 0.132 e. The van der Waals surface area contributed by atoms with Gasteiger partial charge >= 0.3 is 0 Å². The molecule has 26 heavy (non-hydrogen) atoms. The summed E-state index contributed by atoms with van der Waals surface area (Å²) in [6, 6.07) is 17.8. The predicted octanol–water partition coefficient (Wildman–Crippen LogP) is 3.47. The molecule has 0 amide bonds. The Labute approximate surface area is 153 Å². The predicted molar refractivity (Wildman–Crippen MR) is 99.3 cm³/mol. The van der Waals surface area contributed by atoms with Crippen LogP contribution in [0.15, 0.2) is 48.5 Å². The number of aromatic nitrogens is 2. The summed E-state index contributed by atoms with van der Waals surface area (Å²) in [6.45, 7) is 4.23. The van der Waals surface area contributed by atoms with E-state index in [9.17, 15) is 5.26 Å². The lowest BCUT2D eigenvalue weighted by Crippen LogP contribution is -2.07. The molecule has 0 aliphatic heterocycles. The van der Waals surface area contributed by atoms with E-state index in [1.165, 1.54) is 0 Å². The molecule has 0 fully saturated rings. The van der Waals surface area contributed by atoms with Crippen LogP contribution in [0.5, 0.6) is 5.75 Å². The molecule has 2 aromatic carbocycles. The number of rotatable bonds is 6. The molecule has 132 valence electrons. The third kappa shape index (κ3) is 3.76. The van der Waals surface area contributed by atoms with Gasteiger partial charge in [0.1, 0.15) is 24.0 Å². The smallest absolute Gasteiger partial charge is 0.132 e. The van der Waals surface area contributed by atoms with Crippen molar-refractivity contribution in [1.82, 2.24) is 9.78 Å². The maximum absolute atomic E-state index is 9.52. The van der Waals surface area contributed by atoms with Crippen molar-refractivity contribution in [3.8, 4) is 17.5 Å². The lowest BCUT2D eigenvalue weighted by molar-refractivity contribution is 0.295. The van der Waals surface area contributed by atoms with Crippen LogP contribution in [-0.4, -0.2) is 21.5 Å². The number of aliphatic hydroxyl groups excluding tert-OH is 1. The number of benzene rings is 2. The summed E-state index contributed by atoms with van der Waals surface area (Å²) >= 11 is 0. The first-order valence-electron chi connectivity index (χ1n) is 8.50. The Bertz CT molecular complexity index is 937. The molecular weight excluding hydrogens is 326 g/mol. The van der Waals surface area contributed by atoms with Gasteiger partial charge in [0.25, 0.3) is 0 Å². The second kappa shape index (κ2) is 7.85. The fraction of sp³-hybridized carbons (Fsp3) is 0.238. The molecule has 0 bridgehead atoms. The molecule has 0 spiro atoms. The van der Waals surface area contributed by atoms with Crippen LogP contribution < -0.4 is 4.74 Å². The normalized spacial score (nSPS) is 10.5. The van der Waals surface area contributed by atoms with Gasteiger partial charge in [0.05, 0.1) is 17.1 Å². The standard InChI is InChI=1S/C21H21N3O2/c1-15-4-3-5-18(12-15)24-21(20(13-22)16(2)23-24)14-26-19-8-6-17(7-9-19)10-11-25/h3-9,12,25H,10-11,14H2,1-2H3. The van der Waals surface area contributed by atoms with Crippen molar-refractivity contribution in [2.75, 3.05) is 6.61 Å². The second-order valence-corrected chi connectivity index (χ2v) is 6.18. The highest BCUT2D eigenvalue weighted by atomic mass is 16.5. The molecule has 0 atom stereocenters. The van der Waals surface area contributed by atoms with Gasteiger partial charge in [-0.15, -0.1) is 0 Å². The number of ether oxygens (including phenoxy) is 1. The highest BCUT2D eigenvalue weighted by molar-refractivity contribution is 5.44. The largest absolute Gasteiger partial charge is 0.487 e. The highest BCUT2D eigenvalue weighted by Gasteiger charge is 2.17. The zero-order valence-electron chi connectivity index (χ0n) is 14.9. The molecule has 0 radical (unpaired) electrons. The Morgan fingerprint density at radius 2 is 1.92 bits per heavy atom. The van der Waals surface area contributed by atoms with Crippen LogP contribution in [0.4, 0.5) is 0 Å². The summed E-state index contributed by atoms with van der Waals surface area (Å²) < 4.78 is 7.68. The molecule has 1 heterocycles. The van der Waals surface area contributed by atoms with Crippen molar-refractivity contribution < 1.29 is 9.84 Å². The fourth-order valence-electron chi connectivity index (χ4n) is 2.86. The molecule has 5 nitrogen and oxygen atoms in total. The number of nitriles is 1. The summed E-state index contributed by atoms with van der Waals surface area (Å²) in [5, 5.41) is 23.0. The molecule has 5 heteroatoms. The summed E-state index contributed by atoms with van der Waals surface area (Å²) in [6.07, 6.45) is 0.623. The van der Waals surface area contributed by atoms with E-state index in [1.54, 1.807) is 4.68 Å². The minimum absolute atomic E-state index is 0.126. The van der Waals surface area contributed by atoms with E-state index >= 15 is 0 Å². The molecule has 3 rings (SSSR count). The van der Waals surface area contributed by atoms with Crippen LogP contribution in [0.2, 0.25) is 0 Å². The van der Waals surface area contributed by atoms with E-state index in [-0.39, 0.29) is 13.2 Å². The minimum atomic E-state index is 0.126. The van der Waals surface area contributed by atoms with Gasteiger partial charge in [-0.05, 0) is 55.7 Å². The first-order chi connectivity index (χ1) is 12.6. The van der Waals surface area contributed by atoms with Gasteiger partial charge in [0, 0.05) is 6.61 Å². The minimum Gasteiger partial charge on any atom is -0.487 e. The summed E-state index contributed by atoms with van der Waals surface area (Å²) in [5.41, 5.74) is 5.05. The third-order valence-electron chi connectivity index (χ3n) is 4.21. The molecule has 1 aromatic heterocycles. The first-order valence-corrected chi connectivity index (χ1v) is 8.50. The van der Waals surface area contributed by atoms with E-state index in [2.05, 4.69) is 11.2 Å². The van der Waals surface area contributed by atoms with Crippen molar-refractivity contribution in [2.45, 2.75) is 26.9 Å². The van der Waals surface area contributed by atoms with E-state index in [4.69, 9.17) is 9.84 Å². The van der Waals surface area contributed by atoms with Crippen LogP contribution in [0.3, 0.4) is 0 Å². The van der Waals surface area contributed by atoms with Crippen LogP contribution in [0.25, 0.3) is 5.69 Å². The fourth-order valence-corrected chi connectivity index (χ4v) is 2.86. The van der Waals surface area contributed by atoms with Crippen LogP contribution in [0.1, 0.15) is 28.1 Å². The van der Waals surface area contributed by atoms with Gasteiger partial charge in [-0.1, -0.05) is 24.3 Å². The quantitative estimate of drug-likeness (QED) is 0.741. The van der Waals surface area contributed by atoms with Crippen LogP contribution in [-0.2, 0) is 13.0 Å². The number of nitrogens with zero attached hydrogens (tertiary/aromatic N) is 3. The molecule has 1 N–H and O–H groups in total. The van der Waals surface area contributed by atoms with Crippen molar-refractivity contribution in [2.24, 2.45) is 0 Å². The van der Waals surface area contributed by atoms with Gasteiger partial charge in [-0.3, -0.25) is 0 Å². The van der Waals surface area contributed by atoms with E-state index in [0.29, 0.717) is 23.4 Å². The zero-order chi connectivity index (χ0) is 18.5. The summed E-state index contributed by atoms with van der Waals surface area (Å²) in [5.74, 6) is 0.713. The average Bonchev–Trinajstić information content (AvgIpc) is 2.97. The van der Waals surface area contributed by atoms with E-state index in [1.807, 2.05) is 62.4 Å². The lowest BCUT2D eigenvalue weighted by atomic mass is 10.1. The second-order valence-electron chi connectivity index (χ2n) is 6.18. The SMILES string of the molecule is Cc1cccc(-n2nc(C)c(C#N)c2COc2ccc(CCO)cc2)c1. The van der Waals surface area contributed by atoms with Gasteiger partial charge in [-0.2, -0.15) is 10.4 Å². The summed E-state index contributed by atoms with van der Waals surface area (Å²) in [4.78, 5) is 0. The number of hydrogen-bond acceptors (Lipinski definition) is 4. The van der Waals surface area contributed by atoms with Crippen LogP contribution in [0, 0.1) is 25.2 Å². The molecule has 0 aliphatic rings. The van der Waals surface area contributed by atoms with Gasteiger partial charge < -0.3 is 9.84 Å². The van der Waals surface area contributed by atoms with E-state index in [0.717, 1.165) is 22.5 Å². The third-order valence-corrected chi connectivity index (χ3v) is 4.21. The molecule has 0 saturated heterocycles. The molecule has 0 saturated carbocycles. The topological polar surface area (TPSA) is 71.1 Å². The average molecular weight is 347 g/mol. The zero-order valence-corrected chi connectivity index (χ0v) is 14.9. The van der Waals surface area contributed by atoms with Gasteiger partial charge in [0.2, 0.25) is 0 Å². The van der Waals surface area contributed by atoms with Crippen molar-refractivity contribution in [3.05, 3.63) is 76.6 Å². The highest BCUT2D eigenvalue weighted by Crippen LogP contribution is 2.21. The summed E-state index contributed by atoms with van der Waals surface area (Å²) in [7, 11) is 0. The Morgan fingerprint density at radius 1 is 1.15 bits per heavy atom. The van der Waals surface area contributed by atoms with Gasteiger partial charge in [0.15, 0.2) is 0 Å². The van der Waals surface area contributed by atoms with Crippen molar-refractivity contribution in [1.29, 1.82) is 5.26 Å². The van der Waals surface area contributed by atoms with Crippen molar-refractivity contribution >= 4 is 0 Å². The number of hydrogen-bond donors (Lipinski definition) is 1. The Hall–Kier alpha value is -3.10. The lowest BCUT2D eigenvalue weighted by Gasteiger charge is -2.11. The number of aryl methyl sites for hydroxylation is 2. The Kier molecular flexibility index (Phi) is 5.35. The molecular formula is C21H21N3O2. The van der Waals surface area contributed by atoms with Crippen LogP contribution >= 0.6 is 0 Å². The maximum atomic E-state index is 9.52. The van der Waals surface area contributed by atoms with E-state index < -0.39 is 0 Å². The Morgan fingerprint density at radius 3 is 2.58 bits per heavy atom. The number of aliphatic hydroxyl groups is 1. The monoisotopic (exact) mass is 347 g/mol. The van der Waals surface area contributed by atoms with Gasteiger partial charge in [-0.25, -0.2) is 4.68 Å². The van der Waals surface area contributed by atoms with Crippen molar-refractivity contribution in [3.63, 3.8) is 0 Å².